The fourth-order valence-corrected chi connectivity index (χ4v) is 3.88. The van der Waals surface area contributed by atoms with E-state index in [-0.39, 0.29) is 11.7 Å². The average molecular weight is 480 g/mol. The molecule has 2 aromatic rings. The van der Waals surface area contributed by atoms with Gasteiger partial charge in [0.2, 0.25) is 0 Å². The van der Waals surface area contributed by atoms with Gasteiger partial charge in [-0.1, -0.05) is 68.3 Å². The molecule has 138 valence electrons. The minimum atomic E-state index is 0.0918. The number of hydrogen-bond acceptors (Lipinski definition) is 2. The molecule has 2 rings (SSSR count). The second-order valence-electron chi connectivity index (χ2n) is 6.36. The van der Waals surface area contributed by atoms with Crippen molar-refractivity contribution in [3.63, 3.8) is 0 Å². The van der Waals surface area contributed by atoms with E-state index < -0.39 is 0 Å². The van der Waals surface area contributed by atoms with Crippen molar-refractivity contribution in [2.45, 2.75) is 36.9 Å². The highest BCUT2D eigenvalue weighted by atomic mass is 79.9. The van der Waals surface area contributed by atoms with E-state index >= 15 is 0 Å². The van der Waals surface area contributed by atoms with Crippen LogP contribution in [0.25, 0.3) is 0 Å². The average Bonchev–Trinajstić information content (AvgIpc) is 2.61. The molecule has 4 nitrogen and oxygen atoms in total. The number of benzene rings is 2. The standard InChI is InChI=1S/C20H24Br2N4/c21-17(11-6-13-4-7-15(8-5-13)19(23)24)3-1-2-14-9-10-16(20(25)26)12-18(14)22/h4-5,7-10,12,17H,1-3,6,11H2,(H3,23,24)(H3,25,26). The zero-order valence-corrected chi connectivity index (χ0v) is 17.7. The minimum Gasteiger partial charge on any atom is -0.384 e. The second kappa shape index (κ2) is 9.88. The number of aryl methyl sites for hydroxylation is 2. The van der Waals surface area contributed by atoms with Crippen molar-refractivity contribution < 1.29 is 0 Å². The van der Waals surface area contributed by atoms with Crippen LogP contribution in [0.15, 0.2) is 46.9 Å². The summed E-state index contributed by atoms with van der Waals surface area (Å²) in [6.45, 7) is 0. The molecule has 2 aromatic carbocycles. The molecule has 0 spiro atoms. The SMILES string of the molecule is N=C(N)c1ccc(CCC(Br)CCCc2ccc(C(=N)N)cc2Br)cc1. The van der Waals surface area contributed by atoms with Crippen LogP contribution in [0, 0.1) is 10.8 Å². The highest BCUT2D eigenvalue weighted by molar-refractivity contribution is 9.10. The molecule has 0 bridgehead atoms. The predicted molar refractivity (Wildman–Crippen MR) is 117 cm³/mol. The number of halogens is 2. The molecule has 0 saturated carbocycles. The second-order valence-corrected chi connectivity index (χ2v) is 8.51. The van der Waals surface area contributed by atoms with Crippen LogP contribution in [0.4, 0.5) is 0 Å². The number of alkyl halides is 1. The highest BCUT2D eigenvalue weighted by Gasteiger charge is 2.08. The summed E-state index contributed by atoms with van der Waals surface area (Å²) in [5.74, 6) is 0.200. The normalized spacial score (nSPS) is 11.9. The Morgan fingerprint density at radius 2 is 1.50 bits per heavy atom. The van der Waals surface area contributed by atoms with Gasteiger partial charge in [0.1, 0.15) is 11.7 Å². The molecule has 0 fully saturated rings. The van der Waals surface area contributed by atoms with Gasteiger partial charge < -0.3 is 11.5 Å². The molecule has 1 unspecified atom stereocenters. The molecular formula is C20H24Br2N4. The van der Waals surface area contributed by atoms with Crippen molar-refractivity contribution in [2.75, 3.05) is 0 Å². The summed E-state index contributed by atoms with van der Waals surface area (Å²) in [5, 5.41) is 14.9. The predicted octanol–water partition coefficient (Wildman–Crippen LogP) is 4.74. The molecule has 0 aliphatic carbocycles. The molecule has 26 heavy (non-hydrogen) atoms. The van der Waals surface area contributed by atoms with Gasteiger partial charge >= 0.3 is 0 Å². The minimum absolute atomic E-state index is 0.0918. The fraction of sp³-hybridized carbons (Fsp3) is 0.300. The van der Waals surface area contributed by atoms with Crippen LogP contribution in [0.2, 0.25) is 0 Å². The van der Waals surface area contributed by atoms with Crippen LogP contribution in [0.5, 0.6) is 0 Å². The molecule has 0 aromatic heterocycles. The van der Waals surface area contributed by atoms with Gasteiger partial charge in [-0.15, -0.1) is 0 Å². The van der Waals surface area contributed by atoms with Crippen molar-refractivity contribution in [1.29, 1.82) is 10.8 Å². The van der Waals surface area contributed by atoms with Crippen molar-refractivity contribution >= 4 is 43.5 Å². The molecule has 0 amide bonds. The van der Waals surface area contributed by atoms with Gasteiger partial charge in [0.05, 0.1) is 0 Å². The molecule has 0 radical (unpaired) electrons. The van der Waals surface area contributed by atoms with E-state index in [0.717, 1.165) is 47.7 Å². The van der Waals surface area contributed by atoms with Gasteiger partial charge in [0.15, 0.2) is 0 Å². The monoisotopic (exact) mass is 478 g/mol. The van der Waals surface area contributed by atoms with E-state index in [4.69, 9.17) is 22.3 Å². The third-order valence-electron chi connectivity index (χ3n) is 4.34. The van der Waals surface area contributed by atoms with Gasteiger partial charge in [-0.2, -0.15) is 0 Å². The van der Waals surface area contributed by atoms with Gasteiger partial charge in [0, 0.05) is 20.4 Å². The fourth-order valence-electron chi connectivity index (χ4n) is 2.75. The zero-order chi connectivity index (χ0) is 19.1. The summed E-state index contributed by atoms with van der Waals surface area (Å²) in [6.07, 6.45) is 5.27. The van der Waals surface area contributed by atoms with E-state index in [1.54, 1.807) is 0 Å². The maximum absolute atomic E-state index is 7.48. The van der Waals surface area contributed by atoms with Crippen molar-refractivity contribution in [1.82, 2.24) is 0 Å². The Balaban J connectivity index is 1.76. The van der Waals surface area contributed by atoms with E-state index in [2.05, 4.69) is 31.9 Å². The summed E-state index contributed by atoms with van der Waals surface area (Å²) in [4.78, 5) is 0.477. The lowest BCUT2D eigenvalue weighted by Gasteiger charge is -2.11. The smallest absolute Gasteiger partial charge is 0.122 e. The molecule has 0 aliphatic heterocycles. The number of nitrogen functional groups attached to an aromatic ring is 2. The maximum Gasteiger partial charge on any atom is 0.122 e. The molecule has 0 saturated heterocycles. The summed E-state index contributed by atoms with van der Waals surface area (Å²) in [6, 6.07) is 13.8. The van der Waals surface area contributed by atoms with Gasteiger partial charge in [-0.3, -0.25) is 10.8 Å². The Morgan fingerprint density at radius 3 is 2.08 bits per heavy atom. The largest absolute Gasteiger partial charge is 0.384 e. The van der Waals surface area contributed by atoms with Crippen LogP contribution >= 0.6 is 31.9 Å². The molecule has 0 aliphatic rings. The number of nitrogens with two attached hydrogens (primary N) is 2. The van der Waals surface area contributed by atoms with Crippen molar-refractivity contribution in [2.24, 2.45) is 11.5 Å². The molecule has 6 heteroatoms. The Morgan fingerprint density at radius 1 is 0.885 bits per heavy atom. The lowest BCUT2D eigenvalue weighted by molar-refractivity contribution is 0.663. The van der Waals surface area contributed by atoms with E-state index in [1.807, 2.05) is 42.5 Å². The third kappa shape index (κ3) is 6.25. The van der Waals surface area contributed by atoms with Crippen molar-refractivity contribution in [3.8, 4) is 0 Å². The third-order valence-corrected chi connectivity index (χ3v) is 5.99. The van der Waals surface area contributed by atoms with Crippen LogP contribution in [0.3, 0.4) is 0 Å². The summed E-state index contributed by atoms with van der Waals surface area (Å²) >= 11 is 7.36. The number of nitrogens with one attached hydrogen (secondary N) is 2. The van der Waals surface area contributed by atoms with Gasteiger partial charge in [-0.25, -0.2) is 0 Å². The summed E-state index contributed by atoms with van der Waals surface area (Å²) in [5.41, 5.74) is 15.0. The number of hydrogen-bond donors (Lipinski definition) is 4. The van der Waals surface area contributed by atoms with Crippen molar-refractivity contribution in [3.05, 3.63) is 69.2 Å². The summed E-state index contributed by atoms with van der Waals surface area (Å²) in [7, 11) is 0. The van der Waals surface area contributed by atoms with Crippen LogP contribution < -0.4 is 11.5 Å². The first-order valence-corrected chi connectivity index (χ1v) is 10.3. The lowest BCUT2D eigenvalue weighted by Crippen LogP contribution is -2.11. The molecule has 1 atom stereocenters. The van der Waals surface area contributed by atoms with E-state index in [9.17, 15) is 0 Å². The van der Waals surface area contributed by atoms with E-state index in [1.165, 1.54) is 11.1 Å². The van der Waals surface area contributed by atoms with Crippen LogP contribution in [-0.4, -0.2) is 16.5 Å². The Hall–Kier alpha value is -1.66. The first kappa shape index (κ1) is 20.6. The topological polar surface area (TPSA) is 99.7 Å². The highest BCUT2D eigenvalue weighted by Crippen LogP contribution is 2.23. The number of rotatable bonds is 9. The Bertz CT molecular complexity index is 772. The molecular weight excluding hydrogens is 456 g/mol. The lowest BCUT2D eigenvalue weighted by atomic mass is 10.0. The maximum atomic E-state index is 7.48. The van der Waals surface area contributed by atoms with Gasteiger partial charge in [-0.05, 0) is 49.3 Å². The van der Waals surface area contributed by atoms with Crippen LogP contribution in [-0.2, 0) is 12.8 Å². The van der Waals surface area contributed by atoms with Crippen LogP contribution in [0.1, 0.15) is 41.5 Å². The summed E-state index contributed by atoms with van der Waals surface area (Å²) < 4.78 is 1.02. The molecule has 0 heterocycles. The Kier molecular flexibility index (Phi) is 7.85. The molecule has 6 N–H and O–H groups in total. The van der Waals surface area contributed by atoms with Gasteiger partial charge in [0.25, 0.3) is 0 Å². The van der Waals surface area contributed by atoms with E-state index in [0.29, 0.717) is 4.83 Å². The Labute approximate surface area is 171 Å². The number of amidine groups is 2. The zero-order valence-electron chi connectivity index (χ0n) is 14.6. The quantitative estimate of drug-likeness (QED) is 0.237. The first-order chi connectivity index (χ1) is 12.4. The first-order valence-electron chi connectivity index (χ1n) is 8.57.